The SMILES string of the molecule is CCCCCCC#Cc1ccccc1OCC. The van der Waals surface area contributed by atoms with E-state index in [1.807, 2.05) is 31.2 Å². The minimum atomic E-state index is 0.690. The van der Waals surface area contributed by atoms with Gasteiger partial charge in [-0.2, -0.15) is 0 Å². The first-order valence-electron chi connectivity index (χ1n) is 6.59. The number of para-hydroxylation sites is 1. The number of hydrogen-bond donors (Lipinski definition) is 0. The molecule has 0 saturated carbocycles. The van der Waals surface area contributed by atoms with Crippen molar-refractivity contribution in [3.05, 3.63) is 29.8 Å². The second-order valence-corrected chi connectivity index (χ2v) is 4.04. The van der Waals surface area contributed by atoms with Crippen LogP contribution in [0.25, 0.3) is 0 Å². The summed E-state index contributed by atoms with van der Waals surface area (Å²) in [6.45, 7) is 4.91. The lowest BCUT2D eigenvalue weighted by atomic mass is 10.1. The Morgan fingerprint density at radius 1 is 1.06 bits per heavy atom. The van der Waals surface area contributed by atoms with E-state index >= 15 is 0 Å². The van der Waals surface area contributed by atoms with Gasteiger partial charge in [-0.1, -0.05) is 50.2 Å². The van der Waals surface area contributed by atoms with Crippen molar-refractivity contribution < 1.29 is 4.74 Å². The molecule has 92 valence electrons. The summed E-state index contributed by atoms with van der Waals surface area (Å²) in [6.07, 6.45) is 6.08. The lowest BCUT2D eigenvalue weighted by Gasteiger charge is -2.04. The maximum absolute atomic E-state index is 5.53. The fourth-order valence-electron chi connectivity index (χ4n) is 1.65. The highest BCUT2D eigenvalue weighted by atomic mass is 16.5. The Kier molecular flexibility index (Phi) is 6.98. The molecule has 0 aromatic heterocycles. The van der Waals surface area contributed by atoms with Crippen molar-refractivity contribution in [1.82, 2.24) is 0 Å². The molecule has 1 aromatic carbocycles. The van der Waals surface area contributed by atoms with Crippen molar-refractivity contribution in [3.63, 3.8) is 0 Å². The molecule has 0 heterocycles. The lowest BCUT2D eigenvalue weighted by Crippen LogP contribution is -1.93. The van der Waals surface area contributed by atoms with Crippen LogP contribution in [-0.4, -0.2) is 6.61 Å². The monoisotopic (exact) mass is 230 g/mol. The van der Waals surface area contributed by atoms with E-state index in [-0.39, 0.29) is 0 Å². The molecule has 17 heavy (non-hydrogen) atoms. The quantitative estimate of drug-likeness (QED) is 0.519. The van der Waals surface area contributed by atoms with E-state index in [1.165, 1.54) is 25.7 Å². The van der Waals surface area contributed by atoms with Crippen LogP contribution in [-0.2, 0) is 0 Å². The Bertz CT molecular complexity index is 371. The molecular weight excluding hydrogens is 208 g/mol. The fraction of sp³-hybridized carbons (Fsp3) is 0.500. The van der Waals surface area contributed by atoms with Gasteiger partial charge in [-0.05, 0) is 25.5 Å². The summed E-state index contributed by atoms with van der Waals surface area (Å²) in [7, 11) is 0. The summed E-state index contributed by atoms with van der Waals surface area (Å²) in [5.74, 6) is 7.33. The molecule has 0 aliphatic heterocycles. The van der Waals surface area contributed by atoms with Gasteiger partial charge in [0.15, 0.2) is 0 Å². The van der Waals surface area contributed by atoms with E-state index in [2.05, 4.69) is 18.8 Å². The molecule has 1 nitrogen and oxygen atoms in total. The Morgan fingerprint density at radius 3 is 2.65 bits per heavy atom. The minimum absolute atomic E-state index is 0.690. The molecule has 0 fully saturated rings. The molecule has 1 heteroatoms. The second-order valence-electron chi connectivity index (χ2n) is 4.04. The van der Waals surface area contributed by atoms with Crippen molar-refractivity contribution in [2.24, 2.45) is 0 Å². The normalized spacial score (nSPS) is 9.53. The molecule has 0 N–H and O–H groups in total. The van der Waals surface area contributed by atoms with Crippen LogP contribution in [0.4, 0.5) is 0 Å². The van der Waals surface area contributed by atoms with Crippen molar-refractivity contribution in [2.75, 3.05) is 6.61 Å². The predicted molar refractivity (Wildman–Crippen MR) is 73.2 cm³/mol. The zero-order valence-corrected chi connectivity index (χ0v) is 11.0. The average molecular weight is 230 g/mol. The van der Waals surface area contributed by atoms with Gasteiger partial charge < -0.3 is 4.74 Å². The van der Waals surface area contributed by atoms with E-state index in [4.69, 9.17) is 4.74 Å². The highest BCUT2D eigenvalue weighted by Crippen LogP contribution is 2.16. The van der Waals surface area contributed by atoms with Crippen LogP contribution < -0.4 is 4.74 Å². The number of ether oxygens (including phenoxy) is 1. The van der Waals surface area contributed by atoms with E-state index < -0.39 is 0 Å². The van der Waals surface area contributed by atoms with Gasteiger partial charge in [0.2, 0.25) is 0 Å². The molecule has 0 spiro atoms. The number of hydrogen-bond acceptors (Lipinski definition) is 1. The molecule has 0 aliphatic rings. The topological polar surface area (TPSA) is 9.23 Å². The summed E-state index contributed by atoms with van der Waals surface area (Å²) < 4.78 is 5.53. The van der Waals surface area contributed by atoms with Gasteiger partial charge in [-0.3, -0.25) is 0 Å². The molecule has 0 aliphatic carbocycles. The zero-order chi connectivity index (χ0) is 12.3. The van der Waals surface area contributed by atoms with Crippen molar-refractivity contribution in [3.8, 4) is 17.6 Å². The van der Waals surface area contributed by atoms with Crippen LogP contribution >= 0.6 is 0 Å². The maximum Gasteiger partial charge on any atom is 0.134 e. The summed E-state index contributed by atoms with van der Waals surface area (Å²) in [4.78, 5) is 0. The second kappa shape index (κ2) is 8.70. The molecule has 1 rings (SSSR count). The van der Waals surface area contributed by atoms with Crippen molar-refractivity contribution in [2.45, 2.75) is 46.0 Å². The molecule has 0 amide bonds. The standard InChI is InChI=1S/C16H22O/c1-3-5-6-7-8-9-12-15-13-10-11-14-16(15)17-4-2/h10-11,13-14H,3-8H2,1-2H3. The summed E-state index contributed by atoms with van der Waals surface area (Å²) in [6, 6.07) is 7.98. The van der Waals surface area contributed by atoms with E-state index in [9.17, 15) is 0 Å². The molecule has 0 unspecified atom stereocenters. The first-order chi connectivity index (χ1) is 8.38. The van der Waals surface area contributed by atoms with Crippen LogP contribution in [0.15, 0.2) is 24.3 Å². The molecule has 0 radical (unpaired) electrons. The molecule has 0 saturated heterocycles. The minimum Gasteiger partial charge on any atom is -0.493 e. The lowest BCUT2D eigenvalue weighted by molar-refractivity contribution is 0.339. The highest BCUT2D eigenvalue weighted by molar-refractivity contribution is 5.45. The Balaban J connectivity index is 2.47. The van der Waals surface area contributed by atoms with Gasteiger partial charge in [0.1, 0.15) is 5.75 Å². The first-order valence-corrected chi connectivity index (χ1v) is 6.59. The molecule has 0 bridgehead atoms. The molecular formula is C16H22O. The maximum atomic E-state index is 5.53. The van der Waals surface area contributed by atoms with Gasteiger partial charge in [-0.25, -0.2) is 0 Å². The Morgan fingerprint density at radius 2 is 1.88 bits per heavy atom. The Hall–Kier alpha value is -1.42. The highest BCUT2D eigenvalue weighted by Gasteiger charge is 1.97. The van der Waals surface area contributed by atoms with Crippen LogP contribution in [0.5, 0.6) is 5.75 Å². The zero-order valence-electron chi connectivity index (χ0n) is 11.0. The van der Waals surface area contributed by atoms with Gasteiger partial charge in [0.25, 0.3) is 0 Å². The van der Waals surface area contributed by atoms with Crippen molar-refractivity contribution >= 4 is 0 Å². The van der Waals surface area contributed by atoms with E-state index in [0.717, 1.165) is 17.7 Å². The number of rotatable bonds is 6. The summed E-state index contributed by atoms with van der Waals surface area (Å²) >= 11 is 0. The summed E-state index contributed by atoms with van der Waals surface area (Å²) in [5.41, 5.74) is 1.00. The largest absolute Gasteiger partial charge is 0.493 e. The van der Waals surface area contributed by atoms with Crippen LogP contribution in [0.2, 0.25) is 0 Å². The van der Waals surface area contributed by atoms with Crippen LogP contribution in [0.3, 0.4) is 0 Å². The Labute approximate surface area is 105 Å². The molecule has 0 atom stereocenters. The van der Waals surface area contributed by atoms with Crippen LogP contribution in [0.1, 0.15) is 51.5 Å². The predicted octanol–water partition coefficient (Wildman–Crippen LogP) is 4.41. The van der Waals surface area contributed by atoms with Gasteiger partial charge >= 0.3 is 0 Å². The third-order valence-corrected chi connectivity index (χ3v) is 2.57. The smallest absolute Gasteiger partial charge is 0.134 e. The van der Waals surface area contributed by atoms with E-state index in [0.29, 0.717) is 6.61 Å². The van der Waals surface area contributed by atoms with E-state index in [1.54, 1.807) is 0 Å². The number of benzene rings is 1. The summed E-state index contributed by atoms with van der Waals surface area (Å²) in [5, 5.41) is 0. The van der Waals surface area contributed by atoms with Crippen molar-refractivity contribution in [1.29, 1.82) is 0 Å². The third-order valence-electron chi connectivity index (χ3n) is 2.57. The van der Waals surface area contributed by atoms with Gasteiger partial charge in [-0.15, -0.1) is 0 Å². The number of unbranched alkanes of at least 4 members (excludes halogenated alkanes) is 4. The molecule has 1 aromatic rings. The first kappa shape index (κ1) is 13.6. The third kappa shape index (κ3) is 5.45. The average Bonchev–Trinajstić information content (AvgIpc) is 2.36. The van der Waals surface area contributed by atoms with Crippen LogP contribution in [0, 0.1) is 11.8 Å². The van der Waals surface area contributed by atoms with Gasteiger partial charge in [0.05, 0.1) is 12.2 Å². The fourth-order valence-corrected chi connectivity index (χ4v) is 1.65. The van der Waals surface area contributed by atoms with Gasteiger partial charge in [0, 0.05) is 6.42 Å².